The standard InChI is InChI=1S/C4H3Cl2F3O2/c1-2(5)3(6,7)11-4(8,9)10-2/h1H3. The van der Waals surface area contributed by atoms with Crippen molar-refractivity contribution in [3.05, 3.63) is 0 Å². The topological polar surface area (TPSA) is 18.5 Å². The fourth-order valence-corrected chi connectivity index (χ4v) is 0.801. The SMILES string of the molecule is CC1(Cl)OC(F)(F)OC1(F)Cl. The molecule has 0 amide bonds. The molecule has 0 aromatic heterocycles. The lowest BCUT2D eigenvalue weighted by Gasteiger charge is -2.19. The van der Waals surface area contributed by atoms with Crippen LogP contribution in [0.15, 0.2) is 0 Å². The van der Waals surface area contributed by atoms with Crippen LogP contribution in [0.4, 0.5) is 13.2 Å². The Labute approximate surface area is 70.2 Å². The summed E-state index contributed by atoms with van der Waals surface area (Å²) in [5.74, 6) is 0. The highest BCUT2D eigenvalue weighted by molar-refractivity contribution is 6.32. The Morgan fingerprint density at radius 1 is 1.09 bits per heavy atom. The van der Waals surface area contributed by atoms with Gasteiger partial charge in [0.1, 0.15) is 0 Å². The van der Waals surface area contributed by atoms with E-state index in [0.29, 0.717) is 0 Å². The second kappa shape index (κ2) is 2.16. The molecule has 0 saturated carbocycles. The number of halogens is 5. The lowest BCUT2D eigenvalue weighted by atomic mass is 10.4. The van der Waals surface area contributed by atoms with Gasteiger partial charge < -0.3 is 0 Å². The van der Waals surface area contributed by atoms with E-state index in [4.69, 9.17) is 23.2 Å². The Balaban J connectivity index is 2.89. The highest BCUT2D eigenvalue weighted by Crippen LogP contribution is 2.51. The predicted molar refractivity (Wildman–Crippen MR) is 31.1 cm³/mol. The van der Waals surface area contributed by atoms with Crippen molar-refractivity contribution in [3.8, 4) is 0 Å². The van der Waals surface area contributed by atoms with Crippen molar-refractivity contribution in [3.63, 3.8) is 0 Å². The molecule has 1 aliphatic rings. The van der Waals surface area contributed by atoms with Gasteiger partial charge in [0.05, 0.1) is 0 Å². The molecule has 0 bridgehead atoms. The fraction of sp³-hybridized carbons (Fsp3) is 1.00. The Morgan fingerprint density at radius 3 is 1.64 bits per heavy atom. The second-order valence-corrected chi connectivity index (χ2v) is 3.31. The molecule has 1 saturated heterocycles. The Morgan fingerprint density at radius 2 is 1.55 bits per heavy atom. The molecular formula is C4H3Cl2F3O2. The molecule has 11 heavy (non-hydrogen) atoms. The third-order valence-electron chi connectivity index (χ3n) is 1.08. The smallest absolute Gasteiger partial charge is 0.266 e. The number of ether oxygens (including phenoxy) is 2. The molecular weight excluding hydrogens is 208 g/mol. The van der Waals surface area contributed by atoms with Gasteiger partial charge in [0.2, 0.25) is 5.06 Å². The van der Waals surface area contributed by atoms with Crippen molar-refractivity contribution in [1.29, 1.82) is 0 Å². The van der Waals surface area contributed by atoms with E-state index in [1.54, 1.807) is 0 Å². The molecule has 0 spiro atoms. The van der Waals surface area contributed by atoms with Crippen molar-refractivity contribution in [2.45, 2.75) is 23.6 Å². The lowest BCUT2D eigenvalue weighted by Crippen LogP contribution is -2.35. The van der Waals surface area contributed by atoms with Crippen LogP contribution in [0, 0.1) is 0 Å². The summed E-state index contributed by atoms with van der Waals surface area (Å²) in [6.07, 6.45) is -4.08. The maximum absolute atomic E-state index is 12.7. The Kier molecular flexibility index (Phi) is 1.84. The van der Waals surface area contributed by atoms with E-state index >= 15 is 0 Å². The predicted octanol–water partition coefficient (Wildman–Crippen LogP) is 2.40. The molecule has 7 heteroatoms. The molecule has 0 aliphatic carbocycles. The van der Waals surface area contributed by atoms with Gasteiger partial charge >= 0.3 is 11.6 Å². The molecule has 2 atom stereocenters. The lowest BCUT2D eigenvalue weighted by molar-refractivity contribution is -0.361. The Bertz CT molecular complexity index is 164. The second-order valence-electron chi connectivity index (χ2n) is 2.10. The monoisotopic (exact) mass is 210 g/mol. The fourth-order valence-electron chi connectivity index (χ4n) is 0.544. The van der Waals surface area contributed by atoms with Gasteiger partial charge in [-0.2, -0.15) is 4.39 Å². The maximum atomic E-state index is 12.7. The van der Waals surface area contributed by atoms with Crippen molar-refractivity contribution in [1.82, 2.24) is 0 Å². The molecule has 0 N–H and O–H groups in total. The summed E-state index contributed by atoms with van der Waals surface area (Å²) in [7, 11) is 0. The summed E-state index contributed by atoms with van der Waals surface area (Å²) in [5.41, 5.74) is 0. The maximum Gasteiger partial charge on any atom is 0.491 e. The third kappa shape index (κ3) is 1.56. The zero-order chi connectivity index (χ0) is 8.91. The number of hydrogen-bond donors (Lipinski definition) is 0. The molecule has 0 radical (unpaired) electrons. The molecule has 2 nitrogen and oxygen atoms in total. The third-order valence-corrected chi connectivity index (χ3v) is 1.93. The van der Waals surface area contributed by atoms with Crippen molar-refractivity contribution < 1.29 is 22.6 Å². The van der Waals surface area contributed by atoms with Crippen LogP contribution < -0.4 is 0 Å². The van der Waals surface area contributed by atoms with Crippen LogP contribution >= 0.6 is 23.2 Å². The minimum Gasteiger partial charge on any atom is -0.266 e. The summed E-state index contributed by atoms with van der Waals surface area (Å²) in [4.78, 5) is 0. The zero-order valence-corrected chi connectivity index (χ0v) is 6.72. The first kappa shape index (κ1) is 9.38. The molecule has 1 fully saturated rings. The average Bonchev–Trinajstić information content (AvgIpc) is 1.66. The average molecular weight is 211 g/mol. The van der Waals surface area contributed by atoms with Crippen molar-refractivity contribution in [2.75, 3.05) is 0 Å². The summed E-state index contributed by atoms with van der Waals surface area (Å²) in [6, 6.07) is 0. The first-order chi connectivity index (χ1) is 4.66. The number of alkyl halides is 5. The van der Waals surface area contributed by atoms with E-state index in [9.17, 15) is 13.2 Å². The van der Waals surface area contributed by atoms with Crippen molar-refractivity contribution in [2.24, 2.45) is 0 Å². The quantitative estimate of drug-likeness (QED) is 0.572. The highest BCUT2D eigenvalue weighted by atomic mass is 35.5. The minimum absolute atomic E-state index is 0.836. The van der Waals surface area contributed by atoms with Crippen LogP contribution in [0.25, 0.3) is 0 Å². The van der Waals surface area contributed by atoms with Gasteiger partial charge in [0, 0.05) is 0 Å². The molecule has 0 aromatic carbocycles. The molecule has 1 rings (SSSR count). The number of rotatable bonds is 0. The molecule has 2 unspecified atom stereocenters. The summed E-state index contributed by atoms with van der Waals surface area (Å²) < 4.78 is 43.9. The molecule has 1 heterocycles. The van der Waals surface area contributed by atoms with Gasteiger partial charge in [-0.25, -0.2) is 4.74 Å². The van der Waals surface area contributed by atoms with Crippen LogP contribution in [-0.4, -0.2) is 16.7 Å². The van der Waals surface area contributed by atoms with Crippen LogP contribution in [-0.2, 0) is 9.47 Å². The Hall–Kier alpha value is 0.290. The van der Waals surface area contributed by atoms with Gasteiger partial charge in [0.25, 0.3) is 0 Å². The summed E-state index contributed by atoms with van der Waals surface area (Å²) in [5, 5.41) is -5.59. The summed E-state index contributed by atoms with van der Waals surface area (Å²) >= 11 is 9.93. The molecule has 66 valence electrons. The van der Waals surface area contributed by atoms with E-state index < -0.39 is 16.7 Å². The van der Waals surface area contributed by atoms with Gasteiger partial charge in [-0.15, -0.1) is 8.78 Å². The summed E-state index contributed by atoms with van der Waals surface area (Å²) in [6.45, 7) is 0.836. The van der Waals surface area contributed by atoms with Gasteiger partial charge in [-0.1, -0.05) is 11.6 Å². The molecule has 1 aliphatic heterocycles. The highest BCUT2D eigenvalue weighted by Gasteiger charge is 2.66. The van der Waals surface area contributed by atoms with E-state index in [1.165, 1.54) is 0 Å². The molecule has 0 aromatic rings. The van der Waals surface area contributed by atoms with E-state index in [1.807, 2.05) is 0 Å². The van der Waals surface area contributed by atoms with Crippen LogP contribution in [0.2, 0.25) is 0 Å². The van der Waals surface area contributed by atoms with E-state index in [2.05, 4.69) is 9.47 Å². The van der Waals surface area contributed by atoms with Gasteiger partial charge in [-0.3, -0.25) is 4.74 Å². The van der Waals surface area contributed by atoms with E-state index in [0.717, 1.165) is 6.92 Å². The van der Waals surface area contributed by atoms with Crippen LogP contribution in [0.5, 0.6) is 0 Å². The van der Waals surface area contributed by atoms with Crippen molar-refractivity contribution >= 4 is 23.2 Å². The minimum atomic E-state index is -4.08. The number of hydrogen-bond acceptors (Lipinski definition) is 2. The van der Waals surface area contributed by atoms with Gasteiger partial charge in [0.15, 0.2) is 0 Å². The van der Waals surface area contributed by atoms with Crippen LogP contribution in [0.1, 0.15) is 6.92 Å². The van der Waals surface area contributed by atoms with Crippen LogP contribution in [0.3, 0.4) is 0 Å². The van der Waals surface area contributed by atoms with E-state index in [-0.39, 0.29) is 0 Å². The first-order valence-corrected chi connectivity index (χ1v) is 3.27. The zero-order valence-electron chi connectivity index (χ0n) is 5.21. The van der Waals surface area contributed by atoms with Gasteiger partial charge in [-0.05, 0) is 18.5 Å². The normalized spacial score (nSPS) is 49.6. The largest absolute Gasteiger partial charge is 0.491 e. The first-order valence-electron chi connectivity index (χ1n) is 2.51.